The van der Waals surface area contributed by atoms with Crippen LogP contribution in [0.3, 0.4) is 0 Å². The van der Waals surface area contributed by atoms with Crippen molar-refractivity contribution in [2.45, 2.75) is 65.7 Å². The lowest BCUT2D eigenvalue weighted by Gasteiger charge is -1.94. The molecule has 0 rings (SSSR count). The Hall–Kier alpha value is -0.480. The van der Waals surface area contributed by atoms with Gasteiger partial charge in [-0.1, -0.05) is 40.0 Å². The maximum atomic E-state index is 3.39. The summed E-state index contributed by atoms with van der Waals surface area (Å²) in [4.78, 5) is 0. The van der Waals surface area contributed by atoms with Crippen molar-refractivity contribution in [3.63, 3.8) is 0 Å². The first-order valence-electron chi connectivity index (χ1n) is 5.78. The van der Waals surface area contributed by atoms with E-state index in [2.05, 4.69) is 32.6 Å². The topological polar surface area (TPSA) is 0 Å². The molecule has 0 nitrogen and oxygen atoms in total. The molecule has 13 heavy (non-hydrogen) atoms. The van der Waals surface area contributed by atoms with E-state index in [1.54, 1.807) is 0 Å². The van der Waals surface area contributed by atoms with Gasteiger partial charge in [0.05, 0.1) is 0 Å². The zero-order valence-electron chi connectivity index (χ0n) is 9.53. The second-order valence-electron chi connectivity index (χ2n) is 3.51. The van der Waals surface area contributed by atoms with Crippen molar-refractivity contribution < 1.29 is 0 Å². The van der Waals surface area contributed by atoms with Crippen molar-refractivity contribution in [3.8, 4) is 0 Å². The maximum absolute atomic E-state index is 3.39. The van der Waals surface area contributed by atoms with Crippen LogP contribution in [0.25, 0.3) is 0 Å². The molecule has 0 saturated carbocycles. The zero-order chi connectivity index (χ0) is 9.94. The highest BCUT2D eigenvalue weighted by atomic mass is 13.9. The van der Waals surface area contributed by atoms with Gasteiger partial charge in [-0.15, -0.1) is 5.73 Å². The predicted octanol–water partition coefficient (Wildman–Crippen LogP) is 4.86. The minimum absolute atomic E-state index is 1.15. The van der Waals surface area contributed by atoms with Gasteiger partial charge in [-0.3, -0.25) is 0 Å². The lowest BCUT2D eigenvalue weighted by atomic mass is 10.1. The van der Waals surface area contributed by atoms with E-state index in [0.29, 0.717) is 0 Å². The minimum Gasteiger partial charge on any atom is -0.126 e. The standard InChI is InChI=1S/C13H24/c1-4-7-8-9-10-11-12-13(5-2)6-3/h11H,4-10H2,1-3H3. The number of unbranched alkanes of at least 4 members (excludes halogenated alkanes) is 4. The number of rotatable bonds is 7. The molecule has 0 aliphatic rings. The molecule has 76 valence electrons. The Bertz CT molecular complexity index is 153. The fraction of sp³-hybridized carbons (Fsp3) is 0.769. The lowest BCUT2D eigenvalue weighted by Crippen LogP contribution is -1.75. The van der Waals surface area contributed by atoms with Gasteiger partial charge in [0.1, 0.15) is 0 Å². The summed E-state index contributed by atoms with van der Waals surface area (Å²) < 4.78 is 0. The van der Waals surface area contributed by atoms with Gasteiger partial charge in [-0.05, 0) is 37.3 Å². The minimum atomic E-state index is 1.15. The van der Waals surface area contributed by atoms with E-state index in [9.17, 15) is 0 Å². The average molecular weight is 180 g/mol. The summed E-state index contributed by atoms with van der Waals surface area (Å²) in [6.07, 6.45) is 11.2. The molecule has 0 radical (unpaired) electrons. The molecular formula is C13H24. The molecule has 0 spiro atoms. The Morgan fingerprint density at radius 2 is 1.69 bits per heavy atom. The summed E-state index contributed by atoms with van der Waals surface area (Å²) in [6.45, 7) is 6.66. The molecule has 0 heteroatoms. The van der Waals surface area contributed by atoms with Crippen molar-refractivity contribution in [2.24, 2.45) is 0 Å². The van der Waals surface area contributed by atoms with Crippen molar-refractivity contribution in [2.75, 3.05) is 0 Å². The van der Waals surface area contributed by atoms with Crippen LogP contribution < -0.4 is 0 Å². The van der Waals surface area contributed by atoms with Gasteiger partial charge < -0.3 is 0 Å². The van der Waals surface area contributed by atoms with Gasteiger partial charge in [-0.25, -0.2) is 0 Å². The molecular weight excluding hydrogens is 156 g/mol. The van der Waals surface area contributed by atoms with Crippen LogP contribution in [0.1, 0.15) is 65.7 Å². The molecule has 0 saturated heterocycles. The molecule has 0 aromatic rings. The average Bonchev–Trinajstić information content (AvgIpc) is 2.17. The second kappa shape index (κ2) is 9.61. The summed E-state index contributed by atoms with van der Waals surface area (Å²) in [5, 5.41) is 0. The van der Waals surface area contributed by atoms with Crippen LogP contribution in [0.4, 0.5) is 0 Å². The van der Waals surface area contributed by atoms with Crippen LogP contribution in [-0.2, 0) is 0 Å². The van der Waals surface area contributed by atoms with E-state index in [4.69, 9.17) is 0 Å². The highest BCUT2D eigenvalue weighted by Crippen LogP contribution is 2.05. The summed E-state index contributed by atoms with van der Waals surface area (Å²) in [6, 6.07) is 0. The smallest absolute Gasteiger partial charge is 0.0273 e. The van der Waals surface area contributed by atoms with Crippen molar-refractivity contribution in [3.05, 3.63) is 17.4 Å². The third kappa shape index (κ3) is 7.87. The van der Waals surface area contributed by atoms with Gasteiger partial charge in [0.15, 0.2) is 0 Å². The first-order chi connectivity index (χ1) is 6.35. The molecule has 0 aromatic carbocycles. The Balaban J connectivity index is 3.54. The molecule has 0 fully saturated rings. The van der Waals surface area contributed by atoms with Crippen molar-refractivity contribution in [1.82, 2.24) is 0 Å². The molecule has 0 amide bonds. The summed E-state index contributed by atoms with van der Waals surface area (Å²) >= 11 is 0. The number of allylic oxidation sites excluding steroid dienone is 1. The van der Waals surface area contributed by atoms with E-state index in [1.807, 2.05) is 0 Å². The van der Waals surface area contributed by atoms with Crippen LogP contribution in [0, 0.1) is 0 Å². The monoisotopic (exact) mass is 180 g/mol. The van der Waals surface area contributed by atoms with E-state index < -0.39 is 0 Å². The summed E-state index contributed by atoms with van der Waals surface area (Å²) in [5.74, 6) is 0. The molecule has 0 heterocycles. The van der Waals surface area contributed by atoms with E-state index in [0.717, 1.165) is 12.8 Å². The fourth-order valence-corrected chi connectivity index (χ4v) is 1.34. The van der Waals surface area contributed by atoms with E-state index in [-0.39, 0.29) is 0 Å². The summed E-state index contributed by atoms with van der Waals surface area (Å²) in [5.41, 5.74) is 4.84. The highest BCUT2D eigenvalue weighted by Gasteiger charge is 1.86. The van der Waals surface area contributed by atoms with Crippen molar-refractivity contribution in [1.29, 1.82) is 0 Å². The highest BCUT2D eigenvalue weighted by molar-refractivity contribution is 4.99. The molecule has 0 N–H and O–H groups in total. The fourth-order valence-electron chi connectivity index (χ4n) is 1.34. The number of hydrogen-bond acceptors (Lipinski definition) is 0. The van der Waals surface area contributed by atoms with Crippen LogP contribution in [0.2, 0.25) is 0 Å². The molecule has 0 aliphatic carbocycles. The van der Waals surface area contributed by atoms with Gasteiger partial charge in [0, 0.05) is 0 Å². The third-order valence-electron chi connectivity index (χ3n) is 2.36. The molecule has 0 aromatic heterocycles. The van der Waals surface area contributed by atoms with Crippen LogP contribution in [-0.4, -0.2) is 0 Å². The Morgan fingerprint density at radius 1 is 1.00 bits per heavy atom. The van der Waals surface area contributed by atoms with Gasteiger partial charge in [0.2, 0.25) is 0 Å². The lowest BCUT2D eigenvalue weighted by molar-refractivity contribution is 0.674. The predicted molar refractivity (Wildman–Crippen MR) is 60.9 cm³/mol. The van der Waals surface area contributed by atoms with E-state index in [1.165, 1.54) is 37.7 Å². The molecule has 0 bridgehead atoms. The van der Waals surface area contributed by atoms with Crippen LogP contribution >= 0.6 is 0 Å². The zero-order valence-corrected chi connectivity index (χ0v) is 9.53. The Morgan fingerprint density at radius 3 is 2.23 bits per heavy atom. The third-order valence-corrected chi connectivity index (χ3v) is 2.36. The van der Waals surface area contributed by atoms with Gasteiger partial charge >= 0.3 is 0 Å². The van der Waals surface area contributed by atoms with E-state index >= 15 is 0 Å². The Labute approximate surface area is 83.7 Å². The first kappa shape index (κ1) is 12.5. The quantitative estimate of drug-likeness (QED) is 0.388. The van der Waals surface area contributed by atoms with Crippen molar-refractivity contribution >= 4 is 0 Å². The van der Waals surface area contributed by atoms with Crippen LogP contribution in [0.15, 0.2) is 17.4 Å². The number of hydrogen-bond donors (Lipinski definition) is 0. The molecule has 0 atom stereocenters. The van der Waals surface area contributed by atoms with Gasteiger partial charge in [0.25, 0.3) is 0 Å². The SMILES string of the molecule is CCCCCCC=C=C(CC)CC. The van der Waals surface area contributed by atoms with Gasteiger partial charge in [-0.2, -0.15) is 0 Å². The van der Waals surface area contributed by atoms with Crippen LogP contribution in [0.5, 0.6) is 0 Å². The Kier molecular flexibility index (Phi) is 9.25. The largest absolute Gasteiger partial charge is 0.126 e. The molecule has 0 aliphatic heterocycles. The first-order valence-corrected chi connectivity index (χ1v) is 5.78. The normalized spacial score (nSPS) is 9.46. The summed E-state index contributed by atoms with van der Waals surface area (Å²) in [7, 11) is 0. The maximum Gasteiger partial charge on any atom is -0.0273 e. The second-order valence-corrected chi connectivity index (χ2v) is 3.51. The molecule has 0 unspecified atom stereocenters.